The summed E-state index contributed by atoms with van der Waals surface area (Å²) in [4.78, 5) is 29.0. The summed E-state index contributed by atoms with van der Waals surface area (Å²) < 4.78 is 6.88. The van der Waals surface area contributed by atoms with E-state index in [0.717, 1.165) is 24.1 Å². The highest BCUT2D eigenvalue weighted by Gasteiger charge is 2.24. The highest BCUT2D eigenvalue weighted by molar-refractivity contribution is 6.34. The number of benzene rings is 1. The average Bonchev–Trinajstić information content (AvgIpc) is 3.51. The summed E-state index contributed by atoms with van der Waals surface area (Å²) in [5.74, 6) is 0.193. The van der Waals surface area contributed by atoms with Crippen molar-refractivity contribution >= 4 is 34.9 Å². The number of halogens is 1. The second-order valence-electron chi connectivity index (χ2n) is 12.0. The number of rotatable bonds is 18. The molecule has 3 rings (SSSR count). The first-order chi connectivity index (χ1) is 20.2. The zero-order chi connectivity index (χ0) is 30.4. The van der Waals surface area contributed by atoms with Gasteiger partial charge in [0.15, 0.2) is 11.5 Å². The minimum absolute atomic E-state index is 0.133. The van der Waals surface area contributed by atoms with Crippen LogP contribution in [0.2, 0.25) is 5.02 Å². The van der Waals surface area contributed by atoms with Crippen molar-refractivity contribution in [2.75, 3.05) is 18.5 Å². The van der Waals surface area contributed by atoms with Crippen molar-refractivity contribution in [3.8, 4) is 11.4 Å². The van der Waals surface area contributed by atoms with Crippen molar-refractivity contribution in [2.45, 2.75) is 117 Å². The van der Waals surface area contributed by atoms with Gasteiger partial charge in [0, 0.05) is 23.2 Å². The molecule has 0 atom stereocenters. The summed E-state index contributed by atoms with van der Waals surface area (Å²) in [5, 5.41) is 13.8. The number of urea groups is 1. The van der Waals surface area contributed by atoms with E-state index in [2.05, 4.69) is 53.5 Å². The molecule has 3 N–H and O–H groups in total. The predicted molar refractivity (Wildman–Crippen MR) is 170 cm³/mol. The normalized spacial score (nSPS) is 11.6. The number of aromatic amines is 1. The monoisotopic (exact) mass is 600 g/mol. The lowest BCUT2D eigenvalue weighted by molar-refractivity contribution is -0.143. The number of hydrogen-bond acceptors (Lipinski definition) is 5. The predicted octanol–water partition coefficient (Wildman–Crippen LogP) is 8.43. The number of carbonyl (C=O) groups is 2. The third-order valence-corrected chi connectivity index (χ3v) is 7.60. The molecule has 9 nitrogen and oxygen atoms in total. The minimum atomic E-state index is -0.399. The molecule has 0 saturated carbocycles. The first kappa shape index (κ1) is 33.4. The molecule has 0 fully saturated rings. The third-order valence-electron chi connectivity index (χ3n) is 7.24. The first-order valence-electron chi connectivity index (χ1n) is 15.6. The van der Waals surface area contributed by atoms with Crippen molar-refractivity contribution in [2.24, 2.45) is 0 Å². The SMILES string of the molecule is CCCCCCCCCCCCCCOC(=O)CCNC(=O)Nc1cccc(-c2nc3c(Cl)c(C(C)(C)C)[nH]n3n2)c1. The Bertz CT molecular complexity index is 1260. The van der Waals surface area contributed by atoms with E-state index < -0.39 is 6.03 Å². The Hall–Kier alpha value is -3.07. The van der Waals surface area contributed by atoms with E-state index in [-0.39, 0.29) is 24.3 Å². The Balaban J connectivity index is 1.28. The molecule has 2 amide bonds. The van der Waals surface area contributed by atoms with Crippen molar-refractivity contribution in [3.63, 3.8) is 0 Å². The molecule has 2 aromatic heterocycles. The topological polar surface area (TPSA) is 113 Å². The Morgan fingerprint density at radius 1 is 0.976 bits per heavy atom. The van der Waals surface area contributed by atoms with Crippen LogP contribution in [0.4, 0.5) is 10.5 Å². The van der Waals surface area contributed by atoms with Gasteiger partial charge in [-0.3, -0.25) is 9.89 Å². The van der Waals surface area contributed by atoms with Gasteiger partial charge in [-0.2, -0.15) is 4.63 Å². The summed E-state index contributed by atoms with van der Waals surface area (Å²) in [5.41, 5.74) is 2.57. The number of aromatic nitrogens is 4. The molecular weight excluding hydrogens is 552 g/mol. The van der Waals surface area contributed by atoms with Crippen molar-refractivity contribution in [1.82, 2.24) is 25.1 Å². The standard InChI is InChI=1S/C32H49ClN6O3/c1-5-6-7-8-9-10-11-12-13-14-15-16-22-42-26(40)20-21-34-31(41)35-25-19-17-18-24(23-25)29-36-30-27(33)28(32(2,3)4)37-39(30)38-29/h17-19,23,37H,5-16,20-22H2,1-4H3,(H2,34,35,41). The number of unbranched alkanes of at least 4 members (excludes halogenated alkanes) is 11. The van der Waals surface area contributed by atoms with Crippen LogP contribution >= 0.6 is 11.6 Å². The van der Waals surface area contributed by atoms with Crippen LogP contribution in [-0.2, 0) is 14.9 Å². The van der Waals surface area contributed by atoms with E-state index >= 15 is 0 Å². The maximum Gasteiger partial charge on any atom is 0.319 e. The van der Waals surface area contributed by atoms with Gasteiger partial charge in [-0.05, 0) is 18.6 Å². The fourth-order valence-electron chi connectivity index (χ4n) is 4.81. The summed E-state index contributed by atoms with van der Waals surface area (Å²) in [7, 11) is 0. The molecule has 0 saturated heterocycles. The Morgan fingerprint density at radius 3 is 2.24 bits per heavy atom. The van der Waals surface area contributed by atoms with E-state index in [1.165, 1.54) is 64.2 Å². The van der Waals surface area contributed by atoms with Crippen LogP contribution in [0.1, 0.15) is 117 Å². The van der Waals surface area contributed by atoms with Gasteiger partial charge in [0.25, 0.3) is 0 Å². The number of fused-ring (bicyclic) bond motifs is 1. The molecule has 10 heteroatoms. The second-order valence-corrected chi connectivity index (χ2v) is 12.4. The lowest BCUT2D eigenvalue weighted by atomic mass is 9.92. The van der Waals surface area contributed by atoms with E-state index in [0.29, 0.717) is 28.8 Å². The maximum absolute atomic E-state index is 12.4. The number of esters is 1. The molecule has 0 aliphatic carbocycles. The fourth-order valence-corrected chi connectivity index (χ4v) is 5.26. The fraction of sp³-hybridized carbons (Fsp3) is 0.625. The van der Waals surface area contributed by atoms with E-state index in [9.17, 15) is 9.59 Å². The number of nitrogens with one attached hydrogen (secondary N) is 3. The summed E-state index contributed by atoms with van der Waals surface area (Å²) in [6.45, 7) is 9.08. The summed E-state index contributed by atoms with van der Waals surface area (Å²) in [6.07, 6.45) is 15.3. The number of nitrogens with zero attached hydrogens (tertiary/aromatic N) is 3. The van der Waals surface area contributed by atoms with Gasteiger partial charge in [-0.25, -0.2) is 9.78 Å². The van der Waals surface area contributed by atoms with Gasteiger partial charge < -0.3 is 15.4 Å². The number of carbonyl (C=O) groups excluding carboxylic acids is 2. The van der Waals surface area contributed by atoms with Crippen LogP contribution in [0.5, 0.6) is 0 Å². The average molecular weight is 601 g/mol. The molecule has 3 aromatic rings. The molecule has 0 spiro atoms. The number of anilines is 1. The lowest BCUT2D eigenvalue weighted by Crippen LogP contribution is -2.30. The highest BCUT2D eigenvalue weighted by atomic mass is 35.5. The molecule has 1 aromatic carbocycles. The molecule has 232 valence electrons. The molecule has 0 aliphatic heterocycles. The number of H-pyrrole nitrogens is 1. The quantitative estimate of drug-likeness (QED) is 0.100. The van der Waals surface area contributed by atoms with Gasteiger partial charge in [-0.15, -0.1) is 5.10 Å². The number of hydrogen-bond donors (Lipinski definition) is 3. The molecule has 0 aliphatic rings. The molecular formula is C32H49ClN6O3. The Labute approximate surface area is 255 Å². The van der Waals surface area contributed by atoms with Gasteiger partial charge in [0.2, 0.25) is 0 Å². The van der Waals surface area contributed by atoms with Crippen LogP contribution in [0.15, 0.2) is 24.3 Å². The second kappa shape index (κ2) is 17.1. The number of ether oxygens (including phenoxy) is 1. The van der Waals surface area contributed by atoms with Crippen molar-refractivity contribution in [1.29, 1.82) is 0 Å². The zero-order valence-electron chi connectivity index (χ0n) is 25.9. The molecule has 0 bridgehead atoms. The van der Waals surface area contributed by atoms with E-state index in [1.54, 1.807) is 16.8 Å². The van der Waals surface area contributed by atoms with E-state index in [4.69, 9.17) is 16.3 Å². The summed E-state index contributed by atoms with van der Waals surface area (Å²) >= 11 is 6.54. The van der Waals surface area contributed by atoms with Gasteiger partial charge >= 0.3 is 12.0 Å². The van der Waals surface area contributed by atoms with Crippen LogP contribution in [0, 0.1) is 0 Å². The minimum Gasteiger partial charge on any atom is -0.466 e. The lowest BCUT2D eigenvalue weighted by Gasteiger charge is -2.16. The molecule has 0 unspecified atom stereocenters. The zero-order valence-corrected chi connectivity index (χ0v) is 26.6. The smallest absolute Gasteiger partial charge is 0.319 e. The van der Waals surface area contributed by atoms with Crippen LogP contribution < -0.4 is 10.6 Å². The Morgan fingerprint density at radius 2 is 1.62 bits per heavy atom. The van der Waals surface area contributed by atoms with Crippen molar-refractivity contribution < 1.29 is 14.3 Å². The number of amides is 2. The van der Waals surface area contributed by atoms with Crippen LogP contribution in [0.25, 0.3) is 17.0 Å². The van der Waals surface area contributed by atoms with Crippen LogP contribution in [0.3, 0.4) is 0 Å². The third kappa shape index (κ3) is 11.0. The van der Waals surface area contributed by atoms with E-state index in [1.807, 2.05) is 12.1 Å². The molecule has 2 heterocycles. The van der Waals surface area contributed by atoms with Gasteiger partial charge in [0.05, 0.1) is 18.7 Å². The largest absolute Gasteiger partial charge is 0.466 e. The van der Waals surface area contributed by atoms with Gasteiger partial charge in [0.1, 0.15) is 5.02 Å². The first-order valence-corrected chi connectivity index (χ1v) is 16.0. The summed E-state index contributed by atoms with van der Waals surface area (Å²) in [6, 6.07) is 6.84. The van der Waals surface area contributed by atoms with Crippen LogP contribution in [-0.4, -0.2) is 45.0 Å². The molecule has 42 heavy (non-hydrogen) atoms. The van der Waals surface area contributed by atoms with Crippen molar-refractivity contribution in [3.05, 3.63) is 35.0 Å². The molecule has 0 radical (unpaired) electrons. The Kier molecular flexibility index (Phi) is 13.6. The highest BCUT2D eigenvalue weighted by Crippen LogP contribution is 2.32. The van der Waals surface area contributed by atoms with Gasteiger partial charge in [-0.1, -0.05) is 122 Å². The maximum atomic E-state index is 12.4.